The first-order valence-corrected chi connectivity index (χ1v) is 5.07. The summed E-state index contributed by atoms with van der Waals surface area (Å²) in [4.78, 5) is 5.36. The Kier molecular flexibility index (Phi) is 1.59. The molecule has 0 unspecified atom stereocenters. The van der Waals surface area contributed by atoms with Gasteiger partial charge in [0.15, 0.2) is 4.96 Å². The predicted molar refractivity (Wildman–Crippen MR) is 55.3 cm³/mol. The monoisotopic (exact) mass is 203 g/mol. The van der Waals surface area contributed by atoms with Crippen molar-refractivity contribution in [2.75, 3.05) is 0 Å². The number of thiazole rings is 1. The second-order valence-electron chi connectivity index (χ2n) is 3.09. The first kappa shape index (κ1) is 7.96. The van der Waals surface area contributed by atoms with Crippen molar-refractivity contribution in [2.24, 2.45) is 0 Å². The molecule has 3 rings (SSSR count). The highest BCUT2D eigenvalue weighted by Crippen LogP contribution is 2.20. The number of aliphatic hydroxyl groups excluding tert-OH is 1. The first-order chi connectivity index (χ1) is 6.88. The highest BCUT2D eigenvalue weighted by molar-refractivity contribution is 7.14. The number of rotatable bonds is 1. The summed E-state index contributed by atoms with van der Waals surface area (Å²) in [6.07, 6.45) is 1.87. The molecule has 0 saturated heterocycles. The molecule has 69 valence electrons. The SMILES string of the molecule is OCc1ccc2nc3s[c]cn3c2c1. The van der Waals surface area contributed by atoms with E-state index < -0.39 is 0 Å². The maximum absolute atomic E-state index is 9.02. The highest BCUT2D eigenvalue weighted by atomic mass is 32.1. The van der Waals surface area contributed by atoms with Crippen molar-refractivity contribution in [1.29, 1.82) is 0 Å². The standard InChI is InChI=1S/C10H7N2OS/c13-6-7-1-2-8-9(5-7)12-3-4-14-10(12)11-8/h1-3,5,13H,6H2. The maximum Gasteiger partial charge on any atom is 0.195 e. The molecule has 1 aromatic carbocycles. The van der Waals surface area contributed by atoms with E-state index in [2.05, 4.69) is 10.4 Å². The minimum absolute atomic E-state index is 0.0665. The lowest BCUT2D eigenvalue weighted by molar-refractivity contribution is 0.282. The Hall–Kier alpha value is -1.39. The lowest BCUT2D eigenvalue weighted by atomic mass is 10.2. The van der Waals surface area contributed by atoms with Gasteiger partial charge in [0.05, 0.1) is 23.0 Å². The molecule has 4 heteroatoms. The van der Waals surface area contributed by atoms with Gasteiger partial charge >= 0.3 is 0 Å². The van der Waals surface area contributed by atoms with Gasteiger partial charge in [-0.05, 0) is 17.7 Å². The summed E-state index contributed by atoms with van der Waals surface area (Å²) in [5.41, 5.74) is 2.90. The van der Waals surface area contributed by atoms with Crippen LogP contribution in [0.5, 0.6) is 0 Å². The van der Waals surface area contributed by atoms with E-state index in [4.69, 9.17) is 5.11 Å². The van der Waals surface area contributed by atoms with Crippen LogP contribution in [0.2, 0.25) is 0 Å². The van der Waals surface area contributed by atoms with Crippen molar-refractivity contribution < 1.29 is 5.11 Å². The molecular weight excluding hydrogens is 196 g/mol. The van der Waals surface area contributed by atoms with Crippen molar-refractivity contribution in [1.82, 2.24) is 9.38 Å². The van der Waals surface area contributed by atoms with E-state index >= 15 is 0 Å². The summed E-state index contributed by atoms with van der Waals surface area (Å²) in [6.45, 7) is 0.0665. The summed E-state index contributed by atoms with van der Waals surface area (Å²) in [5.74, 6) is 0. The van der Waals surface area contributed by atoms with Crippen LogP contribution in [0.4, 0.5) is 0 Å². The molecule has 1 radical (unpaired) electrons. The Balaban J connectivity index is 2.46. The molecular formula is C10H7N2OS. The topological polar surface area (TPSA) is 37.5 Å². The largest absolute Gasteiger partial charge is 0.392 e. The minimum Gasteiger partial charge on any atom is -0.392 e. The van der Waals surface area contributed by atoms with Crippen LogP contribution >= 0.6 is 11.3 Å². The molecule has 0 amide bonds. The molecule has 0 saturated carbocycles. The van der Waals surface area contributed by atoms with Crippen LogP contribution in [0.25, 0.3) is 16.0 Å². The third-order valence-electron chi connectivity index (χ3n) is 2.24. The Labute approximate surface area is 84.3 Å². The van der Waals surface area contributed by atoms with Gasteiger partial charge in [0.1, 0.15) is 0 Å². The molecule has 0 aliphatic carbocycles. The van der Waals surface area contributed by atoms with Crippen LogP contribution in [0.15, 0.2) is 24.4 Å². The van der Waals surface area contributed by atoms with Crippen LogP contribution in [0.3, 0.4) is 0 Å². The lowest BCUT2D eigenvalue weighted by Gasteiger charge is -1.95. The number of hydrogen-bond donors (Lipinski definition) is 1. The van der Waals surface area contributed by atoms with E-state index in [1.54, 1.807) is 0 Å². The van der Waals surface area contributed by atoms with E-state index in [0.29, 0.717) is 0 Å². The summed E-state index contributed by atoms with van der Waals surface area (Å²) in [6, 6.07) is 5.78. The number of aliphatic hydroxyl groups is 1. The summed E-state index contributed by atoms with van der Waals surface area (Å²) < 4.78 is 1.99. The maximum atomic E-state index is 9.02. The van der Waals surface area contributed by atoms with E-state index in [-0.39, 0.29) is 6.61 Å². The summed E-state index contributed by atoms with van der Waals surface area (Å²) in [7, 11) is 0. The van der Waals surface area contributed by atoms with Gasteiger partial charge in [-0.2, -0.15) is 0 Å². The Morgan fingerprint density at radius 2 is 2.43 bits per heavy atom. The fourth-order valence-electron chi connectivity index (χ4n) is 1.54. The second kappa shape index (κ2) is 2.80. The zero-order chi connectivity index (χ0) is 9.54. The van der Waals surface area contributed by atoms with Crippen LogP contribution in [-0.2, 0) is 6.61 Å². The summed E-state index contributed by atoms with van der Waals surface area (Å²) in [5, 5.41) is 12.0. The van der Waals surface area contributed by atoms with Crippen LogP contribution in [0.1, 0.15) is 5.56 Å². The predicted octanol–water partition coefficient (Wildman–Crippen LogP) is 1.84. The Morgan fingerprint density at radius 1 is 1.50 bits per heavy atom. The molecule has 0 spiro atoms. The molecule has 0 bridgehead atoms. The zero-order valence-corrected chi connectivity index (χ0v) is 8.08. The molecule has 0 aliphatic rings. The molecule has 2 aromatic heterocycles. The number of nitrogens with zero attached hydrogens (tertiary/aromatic N) is 2. The molecule has 3 nitrogen and oxygen atoms in total. The number of hydrogen-bond acceptors (Lipinski definition) is 3. The van der Waals surface area contributed by atoms with Crippen molar-refractivity contribution in [3.8, 4) is 0 Å². The fourth-order valence-corrected chi connectivity index (χ4v) is 2.20. The van der Waals surface area contributed by atoms with Crippen LogP contribution in [0, 0.1) is 5.38 Å². The molecule has 0 atom stereocenters. The minimum atomic E-state index is 0.0665. The third kappa shape index (κ3) is 0.981. The molecule has 2 heterocycles. The molecule has 1 N–H and O–H groups in total. The van der Waals surface area contributed by atoms with Gasteiger partial charge in [-0.1, -0.05) is 17.4 Å². The quantitative estimate of drug-likeness (QED) is 0.655. The van der Waals surface area contributed by atoms with Crippen molar-refractivity contribution in [3.63, 3.8) is 0 Å². The zero-order valence-electron chi connectivity index (χ0n) is 7.27. The van der Waals surface area contributed by atoms with Crippen molar-refractivity contribution >= 4 is 27.3 Å². The number of imidazole rings is 1. The van der Waals surface area contributed by atoms with Gasteiger partial charge in [0.25, 0.3) is 0 Å². The Morgan fingerprint density at radius 3 is 3.29 bits per heavy atom. The van der Waals surface area contributed by atoms with Crippen LogP contribution in [-0.4, -0.2) is 14.5 Å². The molecule has 14 heavy (non-hydrogen) atoms. The van der Waals surface area contributed by atoms with E-state index in [1.165, 1.54) is 11.3 Å². The van der Waals surface area contributed by atoms with Gasteiger partial charge in [0, 0.05) is 6.20 Å². The number of aromatic nitrogens is 2. The van der Waals surface area contributed by atoms with Crippen molar-refractivity contribution in [2.45, 2.75) is 6.61 Å². The van der Waals surface area contributed by atoms with Crippen molar-refractivity contribution in [3.05, 3.63) is 35.3 Å². The molecule has 0 fully saturated rings. The third-order valence-corrected chi connectivity index (χ3v) is 2.93. The van der Waals surface area contributed by atoms with Gasteiger partial charge in [-0.15, -0.1) is 0 Å². The molecule has 0 aliphatic heterocycles. The lowest BCUT2D eigenvalue weighted by Crippen LogP contribution is -1.83. The Bertz CT molecular complexity index is 596. The van der Waals surface area contributed by atoms with Gasteiger partial charge in [-0.3, -0.25) is 4.40 Å². The smallest absolute Gasteiger partial charge is 0.195 e. The second-order valence-corrected chi connectivity index (χ2v) is 3.90. The van der Waals surface area contributed by atoms with Crippen LogP contribution < -0.4 is 0 Å². The van der Waals surface area contributed by atoms with E-state index in [1.807, 2.05) is 28.8 Å². The molecule has 3 aromatic rings. The van der Waals surface area contributed by atoms with E-state index in [0.717, 1.165) is 21.6 Å². The number of fused-ring (bicyclic) bond motifs is 3. The van der Waals surface area contributed by atoms with Gasteiger partial charge in [-0.25, -0.2) is 4.98 Å². The number of benzene rings is 1. The van der Waals surface area contributed by atoms with Gasteiger partial charge < -0.3 is 5.11 Å². The summed E-state index contributed by atoms with van der Waals surface area (Å²) >= 11 is 1.49. The average Bonchev–Trinajstić information content (AvgIpc) is 2.76. The highest BCUT2D eigenvalue weighted by Gasteiger charge is 2.05. The van der Waals surface area contributed by atoms with E-state index in [9.17, 15) is 0 Å². The average molecular weight is 203 g/mol. The fraction of sp³-hybridized carbons (Fsp3) is 0.100. The first-order valence-electron chi connectivity index (χ1n) is 4.26. The normalized spacial score (nSPS) is 11.5. The van der Waals surface area contributed by atoms with Gasteiger partial charge in [0.2, 0.25) is 0 Å².